The van der Waals surface area contributed by atoms with Gasteiger partial charge in [-0.2, -0.15) is 5.10 Å². The van der Waals surface area contributed by atoms with Crippen LogP contribution in [0, 0.1) is 0 Å². The van der Waals surface area contributed by atoms with E-state index in [9.17, 15) is 18.0 Å². The van der Waals surface area contributed by atoms with Gasteiger partial charge >= 0.3 is 0 Å². The van der Waals surface area contributed by atoms with E-state index in [1.807, 2.05) is 0 Å². The molecular formula is C19H15N5O4S2. The van der Waals surface area contributed by atoms with E-state index >= 15 is 0 Å². The van der Waals surface area contributed by atoms with Crippen molar-refractivity contribution in [1.29, 1.82) is 0 Å². The Morgan fingerprint density at radius 3 is 2.43 bits per heavy atom. The van der Waals surface area contributed by atoms with Crippen LogP contribution in [-0.2, 0) is 10.0 Å². The quantitative estimate of drug-likeness (QED) is 0.353. The van der Waals surface area contributed by atoms with Crippen LogP contribution in [0.15, 0.2) is 70.3 Å². The molecule has 0 atom stereocenters. The van der Waals surface area contributed by atoms with E-state index in [1.165, 1.54) is 18.2 Å². The predicted molar refractivity (Wildman–Crippen MR) is 113 cm³/mol. The molecule has 0 saturated carbocycles. The highest BCUT2D eigenvalue weighted by atomic mass is 32.2. The van der Waals surface area contributed by atoms with Gasteiger partial charge < -0.3 is 0 Å². The normalized spacial score (nSPS) is 11.2. The fourth-order valence-electron chi connectivity index (χ4n) is 2.76. The molecule has 2 aromatic heterocycles. The molecule has 0 aliphatic rings. The zero-order chi connectivity index (χ0) is 21.1. The molecule has 0 unspecified atom stereocenters. The van der Waals surface area contributed by atoms with Crippen molar-refractivity contribution in [3.63, 3.8) is 0 Å². The number of benzene rings is 2. The molecule has 152 valence electrons. The number of aromatic nitrogens is 2. The Bertz CT molecular complexity index is 1330. The summed E-state index contributed by atoms with van der Waals surface area (Å²) in [6, 6.07) is 16.2. The van der Waals surface area contributed by atoms with Gasteiger partial charge in [-0.15, -0.1) is 11.3 Å². The zero-order valence-corrected chi connectivity index (χ0v) is 16.9. The number of carbonyl (C=O) groups excluding carboxylic acids is 2. The Morgan fingerprint density at radius 1 is 0.900 bits per heavy atom. The second-order valence-corrected chi connectivity index (χ2v) is 8.97. The van der Waals surface area contributed by atoms with Gasteiger partial charge in [-0.1, -0.05) is 36.4 Å². The number of hydrogen-bond donors (Lipinski definition) is 4. The van der Waals surface area contributed by atoms with Gasteiger partial charge in [-0.25, -0.2) is 8.42 Å². The summed E-state index contributed by atoms with van der Waals surface area (Å²) in [5.74, 6) is -1.30. The Morgan fingerprint density at radius 2 is 1.63 bits per heavy atom. The number of carbonyl (C=O) groups is 2. The van der Waals surface area contributed by atoms with Gasteiger partial charge in [0.2, 0.25) is 0 Å². The van der Waals surface area contributed by atoms with Crippen molar-refractivity contribution in [1.82, 2.24) is 21.0 Å². The molecule has 0 aliphatic carbocycles. The highest BCUT2D eigenvalue weighted by Crippen LogP contribution is 2.22. The first-order chi connectivity index (χ1) is 14.5. The number of thiophene rings is 1. The van der Waals surface area contributed by atoms with Crippen LogP contribution in [-0.4, -0.2) is 30.4 Å². The van der Waals surface area contributed by atoms with Gasteiger partial charge in [0.25, 0.3) is 21.8 Å². The fourth-order valence-corrected chi connectivity index (χ4v) is 4.83. The minimum Gasteiger partial charge on any atom is -0.278 e. The second kappa shape index (κ2) is 7.97. The summed E-state index contributed by atoms with van der Waals surface area (Å²) in [6.07, 6.45) is 0. The van der Waals surface area contributed by atoms with Gasteiger partial charge in [0.05, 0.1) is 16.8 Å². The minimum atomic E-state index is -3.83. The lowest BCUT2D eigenvalue weighted by Crippen LogP contribution is -2.42. The standard InChI is InChI=1S/C19H15N5O4S2/c25-18(22-23-19(26)17-12-6-1-3-8-14(12)20-21-17)13-7-2-4-9-15(13)24-30(27,28)16-10-5-11-29-16/h1-11,24H,(H,20,21)(H,22,25)(H,23,26). The Labute approximate surface area is 175 Å². The maximum absolute atomic E-state index is 12.6. The molecule has 0 radical (unpaired) electrons. The number of hydrogen-bond acceptors (Lipinski definition) is 6. The first-order valence-electron chi connectivity index (χ1n) is 8.65. The number of amides is 2. The smallest absolute Gasteiger partial charge is 0.278 e. The van der Waals surface area contributed by atoms with E-state index in [0.717, 1.165) is 11.3 Å². The molecule has 4 aromatic rings. The summed E-state index contributed by atoms with van der Waals surface area (Å²) in [4.78, 5) is 25.0. The maximum Gasteiger partial charge on any atom is 0.290 e. The molecule has 11 heteroatoms. The van der Waals surface area contributed by atoms with E-state index in [2.05, 4.69) is 25.8 Å². The number of fused-ring (bicyclic) bond motifs is 1. The molecule has 2 heterocycles. The molecular weight excluding hydrogens is 426 g/mol. The van der Waals surface area contributed by atoms with Crippen LogP contribution in [0.2, 0.25) is 0 Å². The Hall–Kier alpha value is -3.70. The van der Waals surface area contributed by atoms with Crippen molar-refractivity contribution < 1.29 is 18.0 Å². The topological polar surface area (TPSA) is 133 Å². The van der Waals surface area contributed by atoms with Crippen LogP contribution in [0.25, 0.3) is 10.9 Å². The molecule has 30 heavy (non-hydrogen) atoms. The van der Waals surface area contributed by atoms with Crippen molar-refractivity contribution >= 4 is 49.8 Å². The number of nitrogens with zero attached hydrogens (tertiary/aromatic N) is 1. The average Bonchev–Trinajstić information content (AvgIpc) is 3.42. The van der Waals surface area contributed by atoms with Gasteiger partial charge in [0, 0.05) is 5.39 Å². The second-order valence-electron chi connectivity index (χ2n) is 6.11. The summed E-state index contributed by atoms with van der Waals surface area (Å²) < 4.78 is 27.5. The largest absolute Gasteiger partial charge is 0.290 e. The lowest BCUT2D eigenvalue weighted by molar-refractivity contribution is 0.0845. The zero-order valence-electron chi connectivity index (χ0n) is 15.2. The fraction of sp³-hybridized carbons (Fsp3) is 0. The van der Waals surface area contributed by atoms with Gasteiger partial charge in [0.1, 0.15) is 4.21 Å². The summed E-state index contributed by atoms with van der Waals surface area (Å²) >= 11 is 1.06. The first kappa shape index (κ1) is 19.6. The molecule has 0 aliphatic heterocycles. The third-order valence-electron chi connectivity index (χ3n) is 4.15. The van der Waals surface area contributed by atoms with Crippen LogP contribution in [0.1, 0.15) is 20.8 Å². The molecule has 0 saturated heterocycles. The van der Waals surface area contributed by atoms with Crippen molar-refractivity contribution in [2.24, 2.45) is 0 Å². The summed E-state index contributed by atoms with van der Waals surface area (Å²) in [5.41, 5.74) is 5.52. The number of rotatable bonds is 5. The van der Waals surface area contributed by atoms with Crippen LogP contribution < -0.4 is 15.6 Å². The summed E-state index contributed by atoms with van der Waals surface area (Å²) in [5, 5.41) is 8.94. The SMILES string of the molecule is O=C(NNC(=O)c1n[nH]c2ccccc12)c1ccccc1NS(=O)(=O)c1cccs1. The van der Waals surface area contributed by atoms with Crippen LogP contribution in [0.3, 0.4) is 0 Å². The third kappa shape index (κ3) is 3.88. The lowest BCUT2D eigenvalue weighted by Gasteiger charge is -2.12. The highest BCUT2D eigenvalue weighted by Gasteiger charge is 2.20. The number of nitrogens with one attached hydrogen (secondary N) is 4. The van der Waals surface area contributed by atoms with Gasteiger partial charge in [0.15, 0.2) is 5.69 Å². The first-order valence-corrected chi connectivity index (χ1v) is 11.0. The molecule has 2 aromatic carbocycles. The van der Waals surface area contributed by atoms with E-state index in [4.69, 9.17) is 0 Å². The summed E-state index contributed by atoms with van der Waals surface area (Å²) in [6.45, 7) is 0. The predicted octanol–water partition coefficient (Wildman–Crippen LogP) is 2.50. The maximum atomic E-state index is 12.6. The van der Waals surface area contributed by atoms with E-state index in [0.29, 0.717) is 10.9 Å². The van der Waals surface area contributed by atoms with Crippen LogP contribution in [0.5, 0.6) is 0 Å². The minimum absolute atomic E-state index is 0.0461. The molecule has 2 amide bonds. The molecule has 9 nitrogen and oxygen atoms in total. The molecule has 4 N–H and O–H groups in total. The number of hydrazine groups is 1. The van der Waals surface area contributed by atoms with Crippen LogP contribution >= 0.6 is 11.3 Å². The number of aromatic amines is 1. The van der Waals surface area contributed by atoms with Crippen LogP contribution in [0.4, 0.5) is 5.69 Å². The average molecular weight is 441 g/mol. The molecule has 0 bridgehead atoms. The molecule has 0 spiro atoms. The number of H-pyrrole nitrogens is 1. The highest BCUT2D eigenvalue weighted by molar-refractivity contribution is 7.94. The lowest BCUT2D eigenvalue weighted by atomic mass is 10.2. The van der Waals surface area contributed by atoms with Gasteiger partial charge in [-0.3, -0.25) is 30.3 Å². The van der Waals surface area contributed by atoms with Crippen molar-refractivity contribution in [3.05, 3.63) is 77.3 Å². The monoisotopic (exact) mass is 441 g/mol. The van der Waals surface area contributed by atoms with Crippen molar-refractivity contribution in [3.8, 4) is 0 Å². The van der Waals surface area contributed by atoms with E-state index in [1.54, 1.807) is 47.8 Å². The number of anilines is 1. The number of sulfonamides is 1. The van der Waals surface area contributed by atoms with E-state index < -0.39 is 21.8 Å². The van der Waals surface area contributed by atoms with Crippen molar-refractivity contribution in [2.45, 2.75) is 4.21 Å². The van der Waals surface area contributed by atoms with Gasteiger partial charge in [-0.05, 0) is 29.6 Å². The molecule has 4 rings (SSSR count). The summed E-state index contributed by atoms with van der Waals surface area (Å²) in [7, 11) is -3.83. The Kier molecular flexibility index (Phi) is 5.21. The van der Waals surface area contributed by atoms with Crippen molar-refractivity contribution in [2.75, 3.05) is 4.72 Å². The Balaban J connectivity index is 1.50. The number of para-hydroxylation sites is 2. The third-order valence-corrected chi connectivity index (χ3v) is 6.91. The molecule has 0 fully saturated rings. The van der Waals surface area contributed by atoms with E-state index in [-0.39, 0.29) is 21.2 Å².